The molecule has 0 aromatic carbocycles. The number of likely N-dealkylation sites (N-methyl/N-ethyl adjacent to an activating group) is 1. The maximum absolute atomic E-state index is 8.50. The fourth-order valence-electron chi connectivity index (χ4n) is 0.0707. The van der Waals surface area contributed by atoms with Crippen molar-refractivity contribution < 1.29 is 37.8 Å². The molecule has 0 rings (SSSR count). The SMILES string of the molecule is C[N-]C(C)(C)CO.[Y]. The smallest absolute Gasteiger partial charge is 0.0293 e. The van der Waals surface area contributed by atoms with Gasteiger partial charge in [0.25, 0.3) is 0 Å². The van der Waals surface area contributed by atoms with E-state index in [2.05, 4.69) is 5.32 Å². The van der Waals surface area contributed by atoms with Gasteiger partial charge in [-0.15, -0.1) is 5.54 Å². The second-order valence-electron chi connectivity index (χ2n) is 2.19. The molecule has 0 atom stereocenters. The summed E-state index contributed by atoms with van der Waals surface area (Å²) in [5.41, 5.74) is -0.236. The molecular weight excluding hydrogens is 179 g/mol. The van der Waals surface area contributed by atoms with Gasteiger partial charge in [-0.1, -0.05) is 13.8 Å². The molecular formula is C5H12NOY-. The van der Waals surface area contributed by atoms with E-state index in [1.807, 2.05) is 13.8 Å². The zero-order valence-corrected chi connectivity index (χ0v) is 8.52. The van der Waals surface area contributed by atoms with E-state index in [0.717, 1.165) is 0 Å². The van der Waals surface area contributed by atoms with E-state index in [1.54, 1.807) is 7.05 Å². The van der Waals surface area contributed by atoms with E-state index in [9.17, 15) is 0 Å². The predicted molar refractivity (Wildman–Crippen MR) is 30.4 cm³/mol. The second kappa shape index (κ2) is 4.86. The first-order valence-electron chi connectivity index (χ1n) is 2.34. The number of rotatable bonds is 2. The Hall–Kier alpha value is 1.02. The summed E-state index contributed by atoms with van der Waals surface area (Å²) in [5, 5.41) is 12.4. The van der Waals surface area contributed by atoms with Gasteiger partial charge in [-0.05, 0) is 0 Å². The van der Waals surface area contributed by atoms with Crippen LogP contribution in [-0.2, 0) is 32.7 Å². The van der Waals surface area contributed by atoms with Crippen molar-refractivity contribution >= 4 is 0 Å². The second-order valence-corrected chi connectivity index (χ2v) is 2.19. The Morgan fingerprint density at radius 2 is 1.88 bits per heavy atom. The van der Waals surface area contributed by atoms with Crippen molar-refractivity contribution in [2.75, 3.05) is 13.7 Å². The molecule has 0 spiro atoms. The van der Waals surface area contributed by atoms with Gasteiger partial charge < -0.3 is 10.4 Å². The Labute approximate surface area is 75.9 Å². The monoisotopic (exact) mass is 191 g/mol. The number of aliphatic hydroxyl groups excluding tert-OH is 1. The number of hydrogen-bond donors (Lipinski definition) is 1. The van der Waals surface area contributed by atoms with Crippen LogP contribution in [-0.4, -0.2) is 24.3 Å². The molecule has 0 bridgehead atoms. The number of nitrogens with zero attached hydrogens (tertiary/aromatic N) is 1. The number of aliphatic hydroxyl groups is 1. The summed E-state index contributed by atoms with van der Waals surface area (Å²) >= 11 is 0. The molecule has 0 saturated carbocycles. The molecule has 1 radical (unpaired) electrons. The van der Waals surface area contributed by atoms with Gasteiger partial charge in [0.1, 0.15) is 0 Å². The minimum absolute atomic E-state index is 0. The standard InChI is InChI=1S/C5H12NO.Y/c1-5(2,4-7)6-3;/h7H,4H2,1-3H3;/q-1;. The van der Waals surface area contributed by atoms with Crippen LogP contribution in [0.15, 0.2) is 0 Å². The van der Waals surface area contributed by atoms with Crippen LogP contribution in [0.25, 0.3) is 5.32 Å². The van der Waals surface area contributed by atoms with Gasteiger partial charge in [-0.3, -0.25) is 0 Å². The molecule has 0 saturated heterocycles. The van der Waals surface area contributed by atoms with Gasteiger partial charge >= 0.3 is 0 Å². The van der Waals surface area contributed by atoms with Crippen LogP contribution >= 0.6 is 0 Å². The summed E-state index contributed by atoms with van der Waals surface area (Å²) in [6.07, 6.45) is 0. The average Bonchev–Trinajstić information content (AvgIpc) is 1.68. The van der Waals surface area contributed by atoms with Crippen molar-refractivity contribution in [1.29, 1.82) is 0 Å². The van der Waals surface area contributed by atoms with Gasteiger partial charge in [0.05, 0.1) is 0 Å². The zero-order valence-electron chi connectivity index (χ0n) is 5.68. The van der Waals surface area contributed by atoms with E-state index in [4.69, 9.17) is 5.11 Å². The van der Waals surface area contributed by atoms with E-state index >= 15 is 0 Å². The molecule has 0 unspecified atom stereocenters. The third kappa shape index (κ3) is 5.17. The van der Waals surface area contributed by atoms with Crippen molar-refractivity contribution in [2.45, 2.75) is 19.4 Å². The van der Waals surface area contributed by atoms with Gasteiger partial charge in [-0.2, -0.15) is 7.05 Å². The fraction of sp³-hybridized carbons (Fsp3) is 1.00. The Kier molecular flexibility index (Phi) is 7.16. The quantitative estimate of drug-likeness (QED) is 0.686. The molecule has 0 amide bonds. The zero-order chi connectivity index (χ0) is 5.91. The molecule has 0 aromatic rings. The topological polar surface area (TPSA) is 34.3 Å². The average molecular weight is 191 g/mol. The first-order chi connectivity index (χ1) is 3.12. The molecule has 0 fully saturated rings. The summed E-state index contributed by atoms with van der Waals surface area (Å²) in [4.78, 5) is 0. The van der Waals surface area contributed by atoms with Crippen LogP contribution in [0.4, 0.5) is 0 Å². The van der Waals surface area contributed by atoms with Crippen molar-refractivity contribution in [1.82, 2.24) is 0 Å². The largest absolute Gasteiger partial charge is 0.658 e. The Morgan fingerprint density at radius 1 is 1.50 bits per heavy atom. The van der Waals surface area contributed by atoms with Crippen molar-refractivity contribution in [2.24, 2.45) is 0 Å². The Morgan fingerprint density at radius 3 is 1.88 bits per heavy atom. The minimum atomic E-state index is -0.236. The summed E-state index contributed by atoms with van der Waals surface area (Å²) in [5.74, 6) is 0. The van der Waals surface area contributed by atoms with Crippen LogP contribution in [0.5, 0.6) is 0 Å². The maximum atomic E-state index is 8.50. The van der Waals surface area contributed by atoms with Gasteiger partial charge in [0.2, 0.25) is 0 Å². The summed E-state index contributed by atoms with van der Waals surface area (Å²) in [7, 11) is 1.70. The van der Waals surface area contributed by atoms with Crippen LogP contribution in [0.2, 0.25) is 0 Å². The van der Waals surface area contributed by atoms with E-state index < -0.39 is 0 Å². The van der Waals surface area contributed by atoms with E-state index in [-0.39, 0.29) is 44.9 Å². The summed E-state index contributed by atoms with van der Waals surface area (Å²) in [6.45, 7) is 3.89. The summed E-state index contributed by atoms with van der Waals surface area (Å²) in [6, 6.07) is 0. The first kappa shape index (κ1) is 11.8. The normalized spacial score (nSPS) is 10.5. The summed E-state index contributed by atoms with van der Waals surface area (Å²) < 4.78 is 0. The number of hydrogen-bond acceptors (Lipinski definition) is 1. The first-order valence-corrected chi connectivity index (χ1v) is 2.34. The fourth-order valence-corrected chi connectivity index (χ4v) is 0.0707. The van der Waals surface area contributed by atoms with Crippen LogP contribution in [0.3, 0.4) is 0 Å². The third-order valence-corrected chi connectivity index (χ3v) is 0.992. The molecule has 0 aliphatic heterocycles. The van der Waals surface area contributed by atoms with Crippen molar-refractivity contribution in [3.63, 3.8) is 0 Å². The van der Waals surface area contributed by atoms with Gasteiger partial charge in [0, 0.05) is 39.3 Å². The Bertz CT molecular complexity index is 50.4. The third-order valence-electron chi connectivity index (χ3n) is 0.992. The molecule has 0 aliphatic carbocycles. The molecule has 0 aromatic heterocycles. The molecule has 0 heterocycles. The molecule has 1 N–H and O–H groups in total. The van der Waals surface area contributed by atoms with E-state index in [1.165, 1.54) is 0 Å². The molecule has 0 aliphatic rings. The van der Waals surface area contributed by atoms with Crippen molar-refractivity contribution in [3.05, 3.63) is 5.32 Å². The van der Waals surface area contributed by atoms with Gasteiger partial charge in [-0.25, -0.2) is 0 Å². The van der Waals surface area contributed by atoms with E-state index in [0.29, 0.717) is 0 Å². The molecule has 3 heteroatoms. The van der Waals surface area contributed by atoms with Crippen LogP contribution in [0.1, 0.15) is 13.8 Å². The van der Waals surface area contributed by atoms with Gasteiger partial charge in [0.15, 0.2) is 0 Å². The van der Waals surface area contributed by atoms with Crippen molar-refractivity contribution in [3.8, 4) is 0 Å². The molecule has 2 nitrogen and oxygen atoms in total. The minimum Gasteiger partial charge on any atom is -0.658 e. The molecule has 8 heavy (non-hydrogen) atoms. The molecule has 47 valence electrons. The predicted octanol–water partition coefficient (Wildman–Crippen LogP) is 0.758. The van der Waals surface area contributed by atoms with Crippen LogP contribution < -0.4 is 0 Å². The van der Waals surface area contributed by atoms with Crippen LogP contribution in [0, 0.1) is 0 Å². The maximum Gasteiger partial charge on any atom is 0.0293 e. The Balaban J connectivity index is 0.